The van der Waals surface area contributed by atoms with Gasteiger partial charge in [-0.05, 0) is 60.8 Å². The number of hydrogen-bond donors (Lipinski definition) is 2. The molecule has 224 valence electrons. The number of carbonyl (C=O) groups is 1. The van der Waals surface area contributed by atoms with Crippen LogP contribution in [0, 0.1) is 0 Å². The molecule has 0 aliphatic rings. The van der Waals surface area contributed by atoms with Crippen LogP contribution in [0.15, 0.2) is 36.4 Å². The Bertz CT molecular complexity index is 902. The van der Waals surface area contributed by atoms with Crippen molar-refractivity contribution in [1.82, 2.24) is 0 Å². The zero-order valence-electron chi connectivity index (χ0n) is 26.1. The molecule has 0 bridgehead atoms. The Morgan fingerprint density at radius 2 is 0.925 bits per heavy atom. The zero-order valence-corrected chi connectivity index (χ0v) is 26.1. The molecule has 0 saturated heterocycles. The van der Waals surface area contributed by atoms with Gasteiger partial charge in [0.1, 0.15) is 0 Å². The summed E-state index contributed by atoms with van der Waals surface area (Å²) in [6, 6.07) is 11.9. The molecule has 0 aromatic heterocycles. The molecule has 0 radical (unpaired) electrons. The van der Waals surface area contributed by atoms with E-state index in [1.165, 1.54) is 25.7 Å². The number of carbonyl (C=O) groups excluding carboxylic acids is 1. The lowest BCUT2D eigenvalue weighted by Crippen LogP contribution is -2.15. The minimum atomic E-state index is -0.541. The highest BCUT2D eigenvalue weighted by atomic mass is 16.3. The normalized spacial score (nSPS) is 12.9. The molecule has 2 N–H and O–H groups in total. The van der Waals surface area contributed by atoms with Gasteiger partial charge in [0, 0.05) is 11.1 Å². The Balaban J connectivity index is 2.51. The van der Waals surface area contributed by atoms with Crippen molar-refractivity contribution in [2.24, 2.45) is 0 Å². The third-order valence-corrected chi connectivity index (χ3v) is 8.35. The number of unbranched alkanes of at least 4 members (excludes halogenated alkanes) is 10. The predicted molar refractivity (Wildman–Crippen MR) is 170 cm³/mol. The van der Waals surface area contributed by atoms with E-state index in [0.29, 0.717) is 0 Å². The molecule has 0 spiro atoms. The largest absolute Gasteiger partial charge is 0.388 e. The maximum Gasteiger partial charge on any atom is 0.193 e. The summed E-state index contributed by atoms with van der Waals surface area (Å²) < 4.78 is 0. The van der Waals surface area contributed by atoms with E-state index in [4.69, 9.17) is 0 Å². The summed E-state index contributed by atoms with van der Waals surface area (Å²) >= 11 is 0. The highest BCUT2D eigenvalue weighted by Crippen LogP contribution is 2.32. The number of rotatable bonds is 22. The molecular formula is C37H58O3. The Labute approximate surface area is 245 Å². The van der Waals surface area contributed by atoms with Gasteiger partial charge in [0.2, 0.25) is 0 Å². The molecule has 0 saturated carbocycles. The summed E-state index contributed by atoms with van der Waals surface area (Å²) in [6.45, 7) is 8.79. The molecule has 40 heavy (non-hydrogen) atoms. The molecule has 2 aromatic rings. The molecule has 2 aromatic carbocycles. The summed E-state index contributed by atoms with van der Waals surface area (Å²) in [7, 11) is 0. The maximum absolute atomic E-state index is 14.4. The van der Waals surface area contributed by atoms with Crippen LogP contribution in [0.5, 0.6) is 0 Å². The SMILES string of the molecule is CCCCCCc1c(C(=O)c2cccc(C(O)CCCCC)c2CCCCCC)cccc1C(O)CCCCC. The second kappa shape index (κ2) is 20.0. The van der Waals surface area contributed by atoms with Gasteiger partial charge in [-0.2, -0.15) is 0 Å². The van der Waals surface area contributed by atoms with Crippen molar-refractivity contribution in [3.63, 3.8) is 0 Å². The van der Waals surface area contributed by atoms with Crippen LogP contribution >= 0.6 is 0 Å². The molecule has 2 rings (SSSR count). The molecule has 2 atom stereocenters. The summed E-state index contributed by atoms with van der Waals surface area (Å²) in [5.74, 6) is 0.0428. The van der Waals surface area contributed by atoms with Gasteiger partial charge in [-0.15, -0.1) is 0 Å². The van der Waals surface area contributed by atoms with Crippen LogP contribution in [0.4, 0.5) is 0 Å². The van der Waals surface area contributed by atoms with Crippen LogP contribution in [0.3, 0.4) is 0 Å². The minimum Gasteiger partial charge on any atom is -0.388 e. The number of ketones is 1. The molecule has 0 aliphatic carbocycles. The summed E-state index contributed by atoms with van der Waals surface area (Å²) in [6.07, 6.45) is 17.5. The van der Waals surface area contributed by atoms with Gasteiger partial charge in [0.15, 0.2) is 5.78 Å². The minimum absolute atomic E-state index is 0.0428. The number of aliphatic hydroxyl groups excluding tert-OH is 2. The summed E-state index contributed by atoms with van der Waals surface area (Å²) in [5.41, 5.74) is 5.38. The van der Waals surface area contributed by atoms with Crippen LogP contribution in [0.2, 0.25) is 0 Å². The Morgan fingerprint density at radius 3 is 1.30 bits per heavy atom. The van der Waals surface area contributed by atoms with Crippen molar-refractivity contribution in [3.8, 4) is 0 Å². The van der Waals surface area contributed by atoms with E-state index in [1.54, 1.807) is 0 Å². The van der Waals surface area contributed by atoms with Gasteiger partial charge < -0.3 is 10.2 Å². The van der Waals surface area contributed by atoms with E-state index in [9.17, 15) is 15.0 Å². The van der Waals surface area contributed by atoms with Gasteiger partial charge in [-0.3, -0.25) is 4.79 Å². The number of aliphatic hydroxyl groups is 2. The van der Waals surface area contributed by atoms with Gasteiger partial charge >= 0.3 is 0 Å². The average Bonchev–Trinajstić information content (AvgIpc) is 2.97. The Kier molecular flexibility index (Phi) is 17.1. The van der Waals surface area contributed by atoms with E-state index in [2.05, 4.69) is 27.7 Å². The molecule has 0 heterocycles. The van der Waals surface area contributed by atoms with E-state index < -0.39 is 12.2 Å². The average molecular weight is 551 g/mol. The molecule has 3 heteroatoms. The van der Waals surface area contributed by atoms with Crippen LogP contribution < -0.4 is 0 Å². The quantitative estimate of drug-likeness (QED) is 0.113. The first-order valence-corrected chi connectivity index (χ1v) is 16.6. The highest BCUT2D eigenvalue weighted by Gasteiger charge is 2.24. The Hall–Kier alpha value is -1.97. The van der Waals surface area contributed by atoms with E-state index in [1.807, 2.05) is 36.4 Å². The topological polar surface area (TPSA) is 57.5 Å². The van der Waals surface area contributed by atoms with Crippen LogP contribution in [0.25, 0.3) is 0 Å². The number of hydrogen-bond acceptors (Lipinski definition) is 3. The highest BCUT2D eigenvalue weighted by molar-refractivity contribution is 6.11. The van der Waals surface area contributed by atoms with Gasteiger partial charge in [0.05, 0.1) is 12.2 Å². The van der Waals surface area contributed by atoms with Crippen molar-refractivity contribution in [2.75, 3.05) is 0 Å². The van der Waals surface area contributed by atoms with Gasteiger partial charge in [0.25, 0.3) is 0 Å². The second-order valence-corrected chi connectivity index (χ2v) is 11.7. The lowest BCUT2D eigenvalue weighted by atomic mass is 9.84. The van der Waals surface area contributed by atoms with Crippen molar-refractivity contribution >= 4 is 5.78 Å². The van der Waals surface area contributed by atoms with E-state index in [0.717, 1.165) is 123 Å². The lowest BCUT2D eigenvalue weighted by Gasteiger charge is -2.22. The van der Waals surface area contributed by atoms with Crippen molar-refractivity contribution < 1.29 is 15.0 Å². The predicted octanol–water partition coefficient (Wildman–Crippen LogP) is 10.4. The third kappa shape index (κ3) is 10.8. The second-order valence-electron chi connectivity index (χ2n) is 11.7. The fraction of sp³-hybridized carbons (Fsp3) is 0.649. The summed E-state index contributed by atoms with van der Waals surface area (Å²) in [4.78, 5) is 14.4. The van der Waals surface area contributed by atoms with Crippen LogP contribution in [-0.4, -0.2) is 16.0 Å². The standard InChI is InChI=1S/C37H58O3/c1-5-9-13-17-21-29-31(35(38)27-15-11-7-3)23-19-25-33(29)37(40)34-26-20-24-32(36(39)28-16-12-8-4)30(34)22-18-14-10-6-2/h19-20,23-26,35-36,38-39H,5-18,21-22,27-28H2,1-4H3. The molecule has 3 nitrogen and oxygen atoms in total. The first-order chi connectivity index (χ1) is 19.5. The lowest BCUT2D eigenvalue weighted by molar-refractivity contribution is 0.103. The smallest absolute Gasteiger partial charge is 0.193 e. The van der Waals surface area contributed by atoms with Crippen LogP contribution in [-0.2, 0) is 12.8 Å². The molecule has 0 aliphatic heterocycles. The number of benzene rings is 2. The van der Waals surface area contributed by atoms with E-state index in [-0.39, 0.29) is 5.78 Å². The first-order valence-electron chi connectivity index (χ1n) is 16.6. The fourth-order valence-electron chi connectivity index (χ4n) is 5.91. The van der Waals surface area contributed by atoms with Crippen LogP contribution in [0.1, 0.15) is 181 Å². The molecular weight excluding hydrogens is 492 g/mol. The van der Waals surface area contributed by atoms with Crippen molar-refractivity contribution in [1.29, 1.82) is 0 Å². The molecule has 0 fully saturated rings. The monoisotopic (exact) mass is 550 g/mol. The third-order valence-electron chi connectivity index (χ3n) is 8.35. The van der Waals surface area contributed by atoms with E-state index >= 15 is 0 Å². The first kappa shape index (κ1) is 34.2. The molecule has 2 unspecified atom stereocenters. The van der Waals surface area contributed by atoms with Crippen molar-refractivity contribution in [3.05, 3.63) is 69.8 Å². The van der Waals surface area contributed by atoms with Gasteiger partial charge in [-0.1, -0.05) is 141 Å². The zero-order chi connectivity index (χ0) is 29.2. The van der Waals surface area contributed by atoms with Gasteiger partial charge in [-0.25, -0.2) is 0 Å². The summed E-state index contributed by atoms with van der Waals surface area (Å²) in [5, 5.41) is 22.4. The van der Waals surface area contributed by atoms with Crippen molar-refractivity contribution in [2.45, 2.75) is 155 Å². The maximum atomic E-state index is 14.4. The fourth-order valence-corrected chi connectivity index (χ4v) is 5.91. The molecule has 0 amide bonds. The Morgan fingerprint density at radius 1 is 0.550 bits per heavy atom.